The van der Waals surface area contributed by atoms with Gasteiger partial charge in [-0.05, 0) is 18.8 Å². The monoisotopic (exact) mass is 237 g/mol. The summed E-state index contributed by atoms with van der Waals surface area (Å²) in [5, 5.41) is 11.8. The maximum absolute atomic E-state index is 10.5. The van der Waals surface area contributed by atoms with Crippen molar-refractivity contribution < 1.29 is 9.90 Å². The van der Waals surface area contributed by atoms with Gasteiger partial charge in [-0.1, -0.05) is 13.3 Å². The fourth-order valence-electron chi connectivity index (χ4n) is 1.67. The van der Waals surface area contributed by atoms with Gasteiger partial charge in [-0.25, -0.2) is 4.98 Å². The molecule has 0 aromatic carbocycles. The normalized spacial score (nSPS) is 12.1. The lowest BCUT2D eigenvalue weighted by molar-refractivity contribution is -0.137. The highest BCUT2D eigenvalue weighted by Gasteiger charge is 2.08. The number of hydrogen-bond acceptors (Lipinski definition) is 4. The summed E-state index contributed by atoms with van der Waals surface area (Å²) < 4.78 is 0. The molecule has 0 aliphatic rings. The van der Waals surface area contributed by atoms with E-state index in [1.165, 1.54) is 0 Å². The molecule has 0 aliphatic carbocycles. The Hall–Kier alpha value is -1.65. The predicted octanol–water partition coefficient (Wildman–Crippen LogP) is 2.17. The molecule has 5 nitrogen and oxygen atoms in total. The quantitative estimate of drug-likeness (QED) is 0.724. The van der Waals surface area contributed by atoms with Crippen molar-refractivity contribution in [1.82, 2.24) is 9.97 Å². The standard InChI is InChI=1S/C12H19N3O2/c1-2-10(3-4-12(16)17)5-6-14-11-9-13-7-8-15-11/h7-10H,2-6H2,1H3,(H,14,15)(H,16,17). The lowest BCUT2D eigenvalue weighted by Gasteiger charge is -2.13. The molecule has 1 atom stereocenters. The molecule has 0 saturated heterocycles. The predicted molar refractivity (Wildman–Crippen MR) is 65.8 cm³/mol. The lowest BCUT2D eigenvalue weighted by atomic mass is 9.97. The molecule has 0 aliphatic heterocycles. The molecule has 0 spiro atoms. The smallest absolute Gasteiger partial charge is 0.303 e. The molecule has 2 N–H and O–H groups in total. The summed E-state index contributed by atoms with van der Waals surface area (Å²) in [5.41, 5.74) is 0. The summed E-state index contributed by atoms with van der Waals surface area (Å²) in [7, 11) is 0. The third kappa shape index (κ3) is 5.85. The van der Waals surface area contributed by atoms with Gasteiger partial charge in [0.25, 0.3) is 0 Å². The third-order valence-electron chi connectivity index (χ3n) is 2.77. The Balaban J connectivity index is 2.21. The number of hydrogen-bond donors (Lipinski definition) is 2. The molecule has 1 aromatic rings. The zero-order valence-corrected chi connectivity index (χ0v) is 10.1. The van der Waals surface area contributed by atoms with E-state index in [1.54, 1.807) is 18.6 Å². The van der Waals surface area contributed by atoms with Crippen LogP contribution in [0.4, 0.5) is 5.82 Å². The van der Waals surface area contributed by atoms with Gasteiger partial charge in [0, 0.05) is 25.4 Å². The van der Waals surface area contributed by atoms with Gasteiger partial charge in [-0.2, -0.15) is 0 Å². The highest BCUT2D eigenvalue weighted by Crippen LogP contribution is 2.15. The largest absolute Gasteiger partial charge is 0.481 e. The van der Waals surface area contributed by atoms with E-state index in [1.807, 2.05) is 0 Å². The minimum atomic E-state index is -0.717. The maximum atomic E-state index is 10.5. The molecule has 1 aromatic heterocycles. The van der Waals surface area contributed by atoms with E-state index in [0.717, 1.165) is 31.6 Å². The minimum Gasteiger partial charge on any atom is -0.481 e. The number of nitrogens with one attached hydrogen (secondary N) is 1. The average Bonchev–Trinajstić information content (AvgIpc) is 2.34. The van der Waals surface area contributed by atoms with Gasteiger partial charge >= 0.3 is 5.97 Å². The Morgan fingerprint density at radius 3 is 2.88 bits per heavy atom. The molecule has 0 bridgehead atoms. The first kappa shape index (κ1) is 13.4. The van der Waals surface area contributed by atoms with Crippen molar-refractivity contribution in [3.63, 3.8) is 0 Å². The highest BCUT2D eigenvalue weighted by molar-refractivity contribution is 5.66. The number of rotatable bonds is 8. The van der Waals surface area contributed by atoms with Gasteiger partial charge < -0.3 is 10.4 Å². The van der Waals surface area contributed by atoms with Gasteiger partial charge in [-0.3, -0.25) is 9.78 Å². The second-order valence-electron chi connectivity index (χ2n) is 4.01. The van der Waals surface area contributed by atoms with Gasteiger partial charge in [0.1, 0.15) is 5.82 Å². The fraction of sp³-hybridized carbons (Fsp3) is 0.583. The van der Waals surface area contributed by atoms with Gasteiger partial charge in [-0.15, -0.1) is 0 Å². The van der Waals surface area contributed by atoms with E-state index in [0.29, 0.717) is 5.92 Å². The van der Waals surface area contributed by atoms with Crippen LogP contribution in [0.15, 0.2) is 18.6 Å². The summed E-state index contributed by atoms with van der Waals surface area (Å²) in [4.78, 5) is 18.5. The molecule has 1 unspecified atom stereocenters. The van der Waals surface area contributed by atoms with Crippen molar-refractivity contribution >= 4 is 11.8 Å². The van der Waals surface area contributed by atoms with Crippen molar-refractivity contribution in [3.8, 4) is 0 Å². The second kappa shape index (κ2) is 7.60. The molecule has 0 fully saturated rings. The van der Waals surface area contributed by atoms with Crippen molar-refractivity contribution in [2.45, 2.75) is 32.6 Å². The first-order chi connectivity index (χ1) is 8.22. The Morgan fingerprint density at radius 2 is 2.29 bits per heavy atom. The first-order valence-electron chi connectivity index (χ1n) is 5.94. The number of anilines is 1. The Bertz CT molecular complexity index is 330. The number of carboxylic acids is 1. The van der Waals surface area contributed by atoms with E-state index >= 15 is 0 Å². The lowest BCUT2D eigenvalue weighted by Crippen LogP contribution is -2.11. The minimum absolute atomic E-state index is 0.254. The number of carboxylic acid groups (broad SMARTS) is 1. The topological polar surface area (TPSA) is 75.1 Å². The van der Waals surface area contributed by atoms with Crippen molar-refractivity contribution in [3.05, 3.63) is 18.6 Å². The Kier molecular flexibility index (Phi) is 5.99. The SMILES string of the molecule is CCC(CCNc1cnccn1)CCC(=O)O. The second-order valence-corrected chi connectivity index (χ2v) is 4.01. The number of aliphatic carboxylic acids is 1. The van der Waals surface area contributed by atoms with Crippen molar-refractivity contribution in [2.24, 2.45) is 5.92 Å². The molecule has 94 valence electrons. The van der Waals surface area contributed by atoms with Crippen LogP contribution in [0.3, 0.4) is 0 Å². The van der Waals surface area contributed by atoms with Crippen LogP contribution in [-0.4, -0.2) is 27.6 Å². The van der Waals surface area contributed by atoms with Gasteiger partial charge in [0.2, 0.25) is 0 Å². The summed E-state index contributed by atoms with van der Waals surface area (Å²) in [6.45, 7) is 2.89. The molecule has 17 heavy (non-hydrogen) atoms. The maximum Gasteiger partial charge on any atom is 0.303 e. The third-order valence-corrected chi connectivity index (χ3v) is 2.77. The van der Waals surface area contributed by atoms with Crippen LogP contribution in [-0.2, 0) is 4.79 Å². The van der Waals surface area contributed by atoms with Crippen LogP contribution >= 0.6 is 0 Å². The summed E-state index contributed by atoms with van der Waals surface area (Å²) in [5.74, 6) is 0.501. The van der Waals surface area contributed by atoms with Crippen LogP contribution in [0, 0.1) is 5.92 Å². The van der Waals surface area contributed by atoms with Crippen LogP contribution in [0.5, 0.6) is 0 Å². The van der Waals surface area contributed by atoms with Gasteiger partial charge in [0.05, 0.1) is 6.20 Å². The van der Waals surface area contributed by atoms with Crippen LogP contribution in [0.25, 0.3) is 0 Å². The average molecular weight is 237 g/mol. The molecule has 0 radical (unpaired) electrons. The number of carbonyl (C=O) groups is 1. The molecule has 5 heteroatoms. The van der Waals surface area contributed by atoms with E-state index in [4.69, 9.17) is 5.11 Å². The van der Waals surface area contributed by atoms with Crippen molar-refractivity contribution in [1.29, 1.82) is 0 Å². The van der Waals surface area contributed by atoms with E-state index in [9.17, 15) is 4.79 Å². The molecule has 0 amide bonds. The van der Waals surface area contributed by atoms with Gasteiger partial charge in [0.15, 0.2) is 0 Å². The fourth-order valence-corrected chi connectivity index (χ4v) is 1.67. The van der Waals surface area contributed by atoms with Crippen LogP contribution < -0.4 is 5.32 Å². The highest BCUT2D eigenvalue weighted by atomic mass is 16.4. The first-order valence-corrected chi connectivity index (χ1v) is 5.94. The summed E-state index contributed by atoms with van der Waals surface area (Å²) in [6, 6.07) is 0. The van der Waals surface area contributed by atoms with Crippen molar-refractivity contribution in [2.75, 3.05) is 11.9 Å². The zero-order valence-electron chi connectivity index (χ0n) is 10.1. The summed E-state index contributed by atoms with van der Waals surface area (Å²) in [6.07, 6.45) is 7.92. The van der Waals surface area contributed by atoms with E-state index in [-0.39, 0.29) is 6.42 Å². The molecule has 1 rings (SSSR count). The molecular weight excluding hydrogens is 218 g/mol. The zero-order chi connectivity index (χ0) is 12.5. The van der Waals surface area contributed by atoms with E-state index < -0.39 is 5.97 Å². The number of aromatic nitrogens is 2. The Morgan fingerprint density at radius 1 is 1.47 bits per heavy atom. The molecule has 0 saturated carbocycles. The van der Waals surface area contributed by atoms with Crippen LogP contribution in [0.2, 0.25) is 0 Å². The van der Waals surface area contributed by atoms with E-state index in [2.05, 4.69) is 22.2 Å². The summed E-state index contributed by atoms with van der Waals surface area (Å²) >= 11 is 0. The number of nitrogens with zero attached hydrogens (tertiary/aromatic N) is 2. The Labute approximate surface area is 101 Å². The molecular formula is C12H19N3O2. The molecule has 1 heterocycles. The van der Waals surface area contributed by atoms with Crippen LogP contribution in [0.1, 0.15) is 32.6 Å².